The highest BCUT2D eigenvalue weighted by atomic mass is 16.1. The second-order valence-corrected chi connectivity index (χ2v) is 6.63. The topological polar surface area (TPSA) is 68.0 Å². The Bertz CT molecular complexity index is 898. The van der Waals surface area contributed by atoms with Gasteiger partial charge in [0.1, 0.15) is 0 Å². The van der Waals surface area contributed by atoms with Crippen molar-refractivity contribution in [1.82, 2.24) is 10.3 Å². The van der Waals surface area contributed by atoms with E-state index in [9.17, 15) is 4.79 Å². The molecule has 24 heavy (non-hydrogen) atoms. The van der Waals surface area contributed by atoms with E-state index in [-0.39, 0.29) is 18.0 Å². The van der Waals surface area contributed by atoms with Gasteiger partial charge in [0.25, 0.3) is 5.91 Å². The minimum Gasteiger partial charge on any atom is -0.349 e. The first-order valence-corrected chi connectivity index (χ1v) is 8.55. The summed E-state index contributed by atoms with van der Waals surface area (Å²) < 4.78 is 0. The molecule has 1 fully saturated rings. The highest BCUT2D eigenvalue weighted by Crippen LogP contribution is 2.27. The van der Waals surface area contributed by atoms with Crippen LogP contribution in [0.3, 0.4) is 0 Å². The molecule has 122 valence electrons. The number of nitrogens with two attached hydrogens (primary N) is 1. The highest BCUT2D eigenvalue weighted by Gasteiger charge is 2.22. The molecule has 0 radical (unpaired) electrons. The molecule has 0 atom stereocenters. The van der Waals surface area contributed by atoms with Crippen molar-refractivity contribution in [3.63, 3.8) is 0 Å². The number of rotatable bonds is 2. The molecule has 2 aromatic carbocycles. The van der Waals surface area contributed by atoms with Crippen LogP contribution in [0.1, 0.15) is 36.0 Å². The lowest BCUT2D eigenvalue weighted by Gasteiger charge is -2.27. The Kier molecular flexibility index (Phi) is 3.90. The molecule has 1 aliphatic rings. The summed E-state index contributed by atoms with van der Waals surface area (Å²) in [6, 6.07) is 14.5. The SMILES string of the molecule is NC1CCC(NC(=O)c2cc3ccccc3c3cccnc23)CC1. The zero-order valence-electron chi connectivity index (χ0n) is 13.5. The third-order valence-electron chi connectivity index (χ3n) is 4.97. The Morgan fingerprint density at radius 3 is 2.62 bits per heavy atom. The minimum atomic E-state index is -0.0371. The van der Waals surface area contributed by atoms with Gasteiger partial charge in [0.2, 0.25) is 0 Å². The quantitative estimate of drug-likeness (QED) is 0.711. The molecule has 1 saturated carbocycles. The van der Waals surface area contributed by atoms with Gasteiger partial charge in [0.15, 0.2) is 0 Å². The summed E-state index contributed by atoms with van der Waals surface area (Å²) in [5.41, 5.74) is 7.37. The summed E-state index contributed by atoms with van der Waals surface area (Å²) in [5.74, 6) is -0.0371. The van der Waals surface area contributed by atoms with Crippen LogP contribution < -0.4 is 11.1 Å². The molecule has 4 heteroatoms. The molecule has 1 aliphatic carbocycles. The number of carbonyl (C=O) groups excluding carboxylic acids is 1. The van der Waals surface area contributed by atoms with E-state index >= 15 is 0 Å². The first kappa shape index (κ1) is 15.1. The van der Waals surface area contributed by atoms with Crippen molar-refractivity contribution in [2.75, 3.05) is 0 Å². The fraction of sp³-hybridized carbons (Fsp3) is 0.300. The molecule has 0 bridgehead atoms. The van der Waals surface area contributed by atoms with E-state index < -0.39 is 0 Å². The fourth-order valence-electron chi connectivity index (χ4n) is 3.63. The van der Waals surface area contributed by atoms with Gasteiger partial charge in [0.05, 0.1) is 11.1 Å². The van der Waals surface area contributed by atoms with Crippen molar-refractivity contribution in [1.29, 1.82) is 0 Å². The molecule has 1 aromatic heterocycles. The Morgan fingerprint density at radius 2 is 1.79 bits per heavy atom. The average Bonchev–Trinajstić information content (AvgIpc) is 2.63. The number of nitrogens with zero attached hydrogens (tertiary/aromatic N) is 1. The number of pyridine rings is 1. The van der Waals surface area contributed by atoms with Crippen molar-refractivity contribution in [2.45, 2.75) is 37.8 Å². The molecule has 1 amide bonds. The van der Waals surface area contributed by atoms with Crippen molar-refractivity contribution >= 4 is 27.6 Å². The third-order valence-corrected chi connectivity index (χ3v) is 4.97. The zero-order chi connectivity index (χ0) is 16.5. The number of fused-ring (bicyclic) bond motifs is 3. The monoisotopic (exact) mass is 319 g/mol. The van der Waals surface area contributed by atoms with E-state index in [1.807, 2.05) is 36.4 Å². The van der Waals surface area contributed by atoms with E-state index in [0.717, 1.165) is 47.4 Å². The van der Waals surface area contributed by atoms with Crippen LogP contribution in [0.2, 0.25) is 0 Å². The molecule has 4 rings (SSSR count). The van der Waals surface area contributed by atoms with Crippen LogP contribution in [-0.4, -0.2) is 23.0 Å². The highest BCUT2D eigenvalue weighted by molar-refractivity contribution is 6.15. The number of aromatic nitrogens is 1. The van der Waals surface area contributed by atoms with Crippen LogP contribution in [-0.2, 0) is 0 Å². The van der Waals surface area contributed by atoms with E-state index in [0.29, 0.717) is 5.56 Å². The van der Waals surface area contributed by atoms with Crippen LogP contribution >= 0.6 is 0 Å². The van der Waals surface area contributed by atoms with Crippen molar-refractivity contribution in [3.8, 4) is 0 Å². The maximum absolute atomic E-state index is 12.9. The largest absolute Gasteiger partial charge is 0.349 e. The van der Waals surface area contributed by atoms with Gasteiger partial charge in [-0.2, -0.15) is 0 Å². The second-order valence-electron chi connectivity index (χ2n) is 6.63. The summed E-state index contributed by atoms with van der Waals surface area (Å²) in [6.07, 6.45) is 5.59. The first-order chi connectivity index (χ1) is 11.7. The first-order valence-electron chi connectivity index (χ1n) is 8.55. The van der Waals surface area contributed by atoms with Crippen LogP contribution in [0.15, 0.2) is 48.7 Å². The van der Waals surface area contributed by atoms with E-state index in [1.165, 1.54) is 0 Å². The number of amides is 1. The van der Waals surface area contributed by atoms with Crippen LogP contribution in [0.5, 0.6) is 0 Å². The van der Waals surface area contributed by atoms with E-state index in [1.54, 1.807) is 6.20 Å². The van der Waals surface area contributed by atoms with Crippen LogP contribution in [0.4, 0.5) is 0 Å². The molecule has 3 aromatic rings. The molecular formula is C20H21N3O. The molecular weight excluding hydrogens is 298 g/mol. The number of benzene rings is 2. The second kappa shape index (κ2) is 6.21. The Hall–Kier alpha value is -2.46. The Balaban J connectivity index is 1.73. The summed E-state index contributed by atoms with van der Waals surface area (Å²) in [7, 11) is 0. The maximum Gasteiger partial charge on any atom is 0.253 e. The fourth-order valence-corrected chi connectivity index (χ4v) is 3.63. The third kappa shape index (κ3) is 2.74. The minimum absolute atomic E-state index is 0.0371. The van der Waals surface area contributed by atoms with E-state index in [4.69, 9.17) is 5.73 Å². The van der Waals surface area contributed by atoms with Crippen LogP contribution in [0, 0.1) is 0 Å². The van der Waals surface area contributed by atoms with Gasteiger partial charge in [-0.1, -0.05) is 30.3 Å². The molecule has 0 saturated heterocycles. The van der Waals surface area contributed by atoms with Gasteiger partial charge in [-0.25, -0.2) is 0 Å². The number of carbonyl (C=O) groups is 1. The standard InChI is InChI=1S/C20H21N3O/c21-14-7-9-15(10-8-14)23-20(24)18-12-13-4-1-2-5-16(13)17-6-3-11-22-19(17)18/h1-6,11-12,14-15H,7-10,21H2,(H,23,24). The van der Waals surface area contributed by atoms with Gasteiger partial charge in [-0.05, 0) is 48.6 Å². The molecule has 4 nitrogen and oxygen atoms in total. The van der Waals surface area contributed by atoms with Gasteiger partial charge >= 0.3 is 0 Å². The van der Waals surface area contributed by atoms with Crippen molar-refractivity contribution in [3.05, 3.63) is 54.2 Å². The Morgan fingerprint density at radius 1 is 1.04 bits per heavy atom. The van der Waals surface area contributed by atoms with Gasteiger partial charge in [-0.15, -0.1) is 0 Å². The van der Waals surface area contributed by atoms with Crippen molar-refractivity contribution in [2.24, 2.45) is 5.73 Å². The van der Waals surface area contributed by atoms with Gasteiger partial charge in [0, 0.05) is 23.7 Å². The van der Waals surface area contributed by atoms with E-state index in [2.05, 4.69) is 16.4 Å². The number of nitrogens with one attached hydrogen (secondary N) is 1. The average molecular weight is 319 g/mol. The zero-order valence-corrected chi connectivity index (χ0v) is 13.5. The lowest BCUT2D eigenvalue weighted by atomic mass is 9.91. The summed E-state index contributed by atoms with van der Waals surface area (Å²) >= 11 is 0. The predicted octanol–water partition coefficient (Wildman–Crippen LogP) is 3.39. The van der Waals surface area contributed by atoms with Crippen molar-refractivity contribution < 1.29 is 4.79 Å². The van der Waals surface area contributed by atoms with Crippen LogP contribution in [0.25, 0.3) is 21.7 Å². The predicted molar refractivity (Wildman–Crippen MR) is 96.9 cm³/mol. The molecule has 1 heterocycles. The lowest BCUT2D eigenvalue weighted by Crippen LogP contribution is -2.40. The normalized spacial score (nSPS) is 21.0. The number of hydrogen-bond donors (Lipinski definition) is 2. The van der Waals surface area contributed by atoms with Gasteiger partial charge in [-0.3, -0.25) is 9.78 Å². The van der Waals surface area contributed by atoms with Gasteiger partial charge < -0.3 is 11.1 Å². The summed E-state index contributed by atoms with van der Waals surface area (Å²) in [5, 5.41) is 6.39. The molecule has 0 unspecified atom stereocenters. The maximum atomic E-state index is 12.9. The lowest BCUT2D eigenvalue weighted by molar-refractivity contribution is 0.0927. The summed E-state index contributed by atoms with van der Waals surface area (Å²) in [6.45, 7) is 0. The molecule has 0 aliphatic heterocycles. The number of hydrogen-bond acceptors (Lipinski definition) is 3. The molecule has 0 spiro atoms. The summed E-state index contributed by atoms with van der Waals surface area (Å²) in [4.78, 5) is 17.3. The Labute approximate surface area is 141 Å². The smallest absolute Gasteiger partial charge is 0.253 e. The molecule has 3 N–H and O–H groups in total.